The zero-order chi connectivity index (χ0) is 16.7. The predicted octanol–water partition coefficient (Wildman–Crippen LogP) is 3.80. The molecular formula is C18H11BrN4O. The van der Waals surface area contributed by atoms with Gasteiger partial charge in [0, 0.05) is 11.8 Å². The molecule has 116 valence electrons. The third-order valence-corrected chi connectivity index (χ3v) is 4.43. The number of benzene rings is 1. The molecule has 0 aliphatic carbocycles. The molecule has 3 heterocycles. The molecule has 0 saturated heterocycles. The van der Waals surface area contributed by atoms with E-state index in [0.29, 0.717) is 17.8 Å². The van der Waals surface area contributed by atoms with Crippen molar-refractivity contribution in [3.05, 3.63) is 70.2 Å². The van der Waals surface area contributed by atoms with Crippen molar-refractivity contribution in [2.45, 2.75) is 6.54 Å². The molecule has 4 rings (SSSR count). The van der Waals surface area contributed by atoms with E-state index in [9.17, 15) is 4.79 Å². The van der Waals surface area contributed by atoms with Gasteiger partial charge in [0.2, 0.25) is 0 Å². The van der Waals surface area contributed by atoms with Gasteiger partial charge in [-0.3, -0.25) is 4.79 Å². The first-order valence-corrected chi connectivity index (χ1v) is 8.11. The number of aromatic nitrogens is 2. The van der Waals surface area contributed by atoms with Crippen LogP contribution in [0.3, 0.4) is 0 Å². The number of carbonyl (C=O) groups excluding carboxylic acids is 1. The van der Waals surface area contributed by atoms with Crippen LogP contribution in [0.1, 0.15) is 21.7 Å². The molecule has 0 unspecified atom stereocenters. The number of nitrogens with one attached hydrogen (secondary N) is 1. The van der Waals surface area contributed by atoms with Gasteiger partial charge in [0.15, 0.2) is 0 Å². The number of pyridine rings is 1. The number of anilines is 1. The van der Waals surface area contributed by atoms with E-state index in [1.807, 2.05) is 41.1 Å². The molecule has 0 fully saturated rings. The minimum Gasteiger partial charge on any atom is -0.337 e. The largest absolute Gasteiger partial charge is 0.337 e. The summed E-state index contributed by atoms with van der Waals surface area (Å²) in [6.45, 7) is 0.513. The van der Waals surface area contributed by atoms with E-state index in [0.717, 1.165) is 27.1 Å². The van der Waals surface area contributed by atoms with Gasteiger partial charge in [0.25, 0.3) is 5.91 Å². The number of rotatable bonds is 1. The average Bonchev–Trinajstić information content (AvgIpc) is 2.96. The summed E-state index contributed by atoms with van der Waals surface area (Å²) in [5, 5.41) is 11.8. The average molecular weight is 379 g/mol. The van der Waals surface area contributed by atoms with Gasteiger partial charge in [0.05, 0.1) is 29.6 Å². The zero-order valence-corrected chi connectivity index (χ0v) is 14.0. The van der Waals surface area contributed by atoms with E-state index >= 15 is 0 Å². The molecule has 0 atom stereocenters. The Hall–Kier alpha value is -2.91. The molecule has 1 N–H and O–H groups in total. The summed E-state index contributed by atoms with van der Waals surface area (Å²) < 4.78 is 2.63. The number of halogens is 1. The first kappa shape index (κ1) is 14.7. The maximum Gasteiger partial charge on any atom is 0.272 e. The third-order valence-electron chi connectivity index (χ3n) is 3.99. The zero-order valence-electron chi connectivity index (χ0n) is 12.5. The molecule has 6 heteroatoms. The molecule has 0 radical (unpaired) electrons. The fraction of sp³-hybridized carbons (Fsp3) is 0.0556. The highest BCUT2D eigenvalue weighted by Gasteiger charge is 2.21. The number of hydrogen-bond donors (Lipinski definition) is 1. The Morgan fingerprint density at radius 1 is 1.17 bits per heavy atom. The van der Waals surface area contributed by atoms with Gasteiger partial charge in [-0.2, -0.15) is 5.26 Å². The second-order valence-corrected chi connectivity index (χ2v) is 6.33. The van der Waals surface area contributed by atoms with Crippen LogP contribution >= 0.6 is 15.9 Å². The maximum absolute atomic E-state index is 12.5. The standard InChI is InChI=1S/C18H11BrN4O/c19-17-6-5-14-15(21-17)10-23-9-13(7-16(23)18(24)22-14)12-3-1-11(8-20)2-4-12/h1-7,9H,10H2,(H,22,24). The Balaban J connectivity index is 1.77. The number of nitriles is 1. The fourth-order valence-electron chi connectivity index (χ4n) is 2.78. The highest BCUT2D eigenvalue weighted by atomic mass is 79.9. The quantitative estimate of drug-likeness (QED) is 0.654. The lowest BCUT2D eigenvalue weighted by Crippen LogP contribution is -2.12. The van der Waals surface area contributed by atoms with Gasteiger partial charge >= 0.3 is 0 Å². The van der Waals surface area contributed by atoms with Gasteiger partial charge in [-0.05, 0) is 51.8 Å². The van der Waals surface area contributed by atoms with E-state index in [-0.39, 0.29) is 5.91 Å². The van der Waals surface area contributed by atoms with Gasteiger partial charge in [0.1, 0.15) is 10.3 Å². The summed E-state index contributed by atoms with van der Waals surface area (Å²) in [5.74, 6) is -0.155. The van der Waals surface area contributed by atoms with Crippen molar-refractivity contribution in [3.8, 4) is 17.2 Å². The van der Waals surface area contributed by atoms with Crippen molar-refractivity contribution < 1.29 is 4.79 Å². The van der Waals surface area contributed by atoms with Gasteiger partial charge in [-0.1, -0.05) is 12.1 Å². The molecule has 2 aromatic heterocycles. The van der Waals surface area contributed by atoms with E-state index in [1.165, 1.54) is 0 Å². The Bertz CT molecular complexity index is 999. The third kappa shape index (κ3) is 2.49. The van der Waals surface area contributed by atoms with Gasteiger partial charge in [-0.25, -0.2) is 4.98 Å². The summed E-state index contributed by atoms with van der Waals surface area (Å²) >= 11 is 3.37. The summed E-state index contributed by atoms with van der Waals surface area (Å²) in [6.07, 6.45) is 1.94. The first-order valence-electron chi connectivity index (χ1n) is 7.31. The topological polar surface area (TPSA) is 70.7 Å². The highest BCUT2D eigenvalue weighted by Crippen LogP contribution is 2.28. The number of amides is 1. The molecule has 0 bridgehead atoms. The van der Waals surface area contributed by atoms with Crippen molar-refractivity contribution in [3.63, 3.8) is 0 Å². The minimum absolute atomic E-state index is 0.155. The summed E-state index contributed by atoms with van der Waals surface area (Å²) in [6, 6.07) is 14.9. The van der Waals surface area contributed by atoms with Crippen LogP contribution in [0.25, 0.3) is 11.1 Å². The number of nitrogens with zero attached hydrogens (tertiary/aromatic N) is 3. The fourth-order valence-corrected chi connectivity index (χ4v) is 3.13. The Kier molecular flexibility index (Phi) is 3.44. The number of fused-ring (bicyclic) bond motifs is 2. The normalized spacial score (nSPS) is 12.6. The van der Waals surface area contributed by atoms with Crippen LogP contribution in [0, 0.1) is 11.3 Å². The number of hydrogen-bond acceptors (Lipinski definition) is 3. The summed E-state index contributed by atoms with van der Waals surface area (Å²) in [4.78, 5) is 16.9. The molecule has 0 saturated carbocycles. The van der Waals surface area contributed by atoms with E-state index in [1.54, 1.807) is 12.1 Å². The molecule has 24 heavy (non-hydrogen) atoms. The smallest absolute Gasteiger partial charge is 0.272 e. The lowest BCUT2D eigenvalue weighted by Gasteiger charge is -2.06. The Labute approximate surface area is 146 Å². The van der Waals surface area contributed by atoms with Gasteiger partial charge in [-0.15, -0.1) is 0 Å². The molecule has 5 nitrogen and oxygen atoms in total. The summed E-state index contributed by atoms with van der Waals surface area (Å²) in [5.41, 5.74) is 4.63. The number of carbonyl (C=O) groups is 1. The minimum atomic E-state index is -0.155. The van der Waals surface area contributed by atoms with Gasteiger partial charge < -0.3 is 9.88 Å². The van der Waals surface area contributed by atoms with Crippen molar-refractivity contribution in [1.29, 1.82) is 5.26 Å². The van der Waals surface area contributed by atoms with Crippen molar-refractivity contribution in [2.75, 3.05) is 5.32 Å². The molecule has 1 aliphatic heterocycles. The maximum atomic E-state index is 12.5. The van der Waals surface area contributed by atoms with Crippen LogP contribution in [0.5, 0.6) is 0 Å². The van der Waals surface area contributed by atoms with Crippen LogP contribution in [0.2, 0.25) is 0 Å². The summed E-state index contributed by atoms with van der Waals surface area (Å²) in [7, 11) is 0. The van der Waals surface area contributed by atoms with Crippen LogP contribution in [0.4, 0.5) is 5.69 Å². The molecular weight excluding hydrogens is 368 g/mol. The highest BCUT2D eigenvalue weighted by molar-refractivity contribution is 9.10. The predicted molar refractivity (Wildman–Crippen MR) is 93.6 cm³/mol. The Morgan fingerprint density at radius 3 is 2.71 bits per heavy atom. The Morgan fingerprint density at radius 2 is 1.96 bits per heavy atom. The molecule has 1 aliphatic rings. The van der Waals surface area contributed by atoms with E-state index < -0.39 is 0 Å². The van der Waals surface area contributed by atoms with E-state index in [2.05, 4.69) is 32.3 Å². The second-order valence-electron chi connectivity index (χ2n) is 5.51. The monoisotopic (exact) mass is 378 g/mol. The van der Waals surface area contributed by atoms with Crippen LogP contribution in [-0.4, -0.2) is 15.5 Å². The lowest BCUT2D eigenvalue weighted by atomic mass is 10.1. The van der Waals surface area contributed by atoms with E-state index in [4.69, 9.17) is 5.26 Å². The van der Waals surface area contributed by atoms with Crippen molar-refractivity contribution >= 4 is 27.5 Å². The molecule has 1 aromatic carbocycles. The van der Waals surface area contributed by atoms with Crippen molar-refractivity contribution in [2.24, 2.45) is 0 Å². The van der Waals surface area contributed by atoms with Crippen LogP contribution < -0.4 is 5.32 Å². The first-order chi connectivity index (χ1) is 11.6. The molecule has 0 spiro atoms. The SMILES string of the molecule is N#Cc1ccc(-c2cc3n(c2)Cc2nc(Br)ccc2NC3=O)cc1. The molecule has 1 amide bonds. The second kappa shape index (κ2) is 5.62. The molecule has 3 aromatic rings. The van der Waals surface area contributed by atoms with Crippen LogP contribution in [-0.2, 0) is 6.54 Å². The lowest BCUT2D eigenvalue weighted by molar-refractivity contribution is 0.102. The van der Waals surface area contributed by atoms with Crippen molar-refractivity contribution in [1.82, 2.24) is 9.55 Å². The van der Waals surface area contributed by atoms with Crippen LogP contribution in [0.15, 0.2) is 53.3 Å².